The number of hydrogen-bond donors (Lipinski definition) is 1. The molecule has 0 saturated heterocycles. The highest BCUT2D eigenvalue weighted by Crippen LogP contribution is 2.27. The minimum absolute atomic E-state index is 0.161. The normalized spacial score (nSPS) is 11.2. The van der Waals surface area contributed by atoms with Crippen LogP contribution in [-0.4, -0.2) is 20.7 Å². The van der Waals surface area contributed by atoms with Crippen molar-refractivity contribution in [3.8, 4) is 0 Å². The number of unbranched alkanes of at least 4 members (excludes halogenated alkanes) is 1. The Morgan fingerprint density at radius 3 is 2.54 bits per heavy atom. The minimum Gasteiger partial charge on any atom is -0.305 e. The molecule has 4 aromatic rings. The lowest BCUT2D eigenvalue weighted by atomic mass is 10.1. The van der Waals surface area contributed by atoms with Crippen LogP contribution in [0.15, 0.2) is 48.5 Å². The van der Waals surface area contributed by atoms with Crippen molar-refractivity contribution in [2.45, 2.75) is 40.2 Å². The summed E-state index contributed by atoms with van der Waals surface area (Å²) < 4.78 is 1.91. The summed E-state index contributed by atoms with van der Waals surface area (Å²) in [4.78, 5) is 17.6. The molecule has 4 rings (SSSR count). The molecule has 5 heteroatoms. The van der Waals surface area contributed by atoms with Crippen molar-refractivity contribution >= 4 is 33.7 Å². The van der Waals surface area contributed by atoms with Crippen molar-refractivity contribution in [3.05, 3.63) is 65.2 Å². The van der Waals surface area contributed by atoms with Crippen LogP contribution >= 0.6 is 0 Å². The van der Waals surface area contributed by atoms with Crippen LogP contribution in [0.1, 0.15) is 41.3 Å². The second-order valence-corrected chi connectivity index (χ2v) is 7.30. The lowest BCUT2D eigenvalue weighted by Gasteiger charge is -2.04. The minimum atomic E-state index is -0.161. The number of aryl methyl sites for hydroxylation is 3. The molecular weight excluding hydrogens is 348 g/mol. The predicted molar refractivity (Wildman–Crippen MR) is 114 cm³/mol. The number of fused-ring (bicyclic) bond motifs is 2. The van der Waals surface area contributed by atoms with Gasteiger partial charge in [0.2, 0.25) is 0 Å². The Bertz CT molecular complexity index is 1160. The summed E-state index contributed by atoms with van der Waals surface area (Å²) in [6, 6.07) is 15.8. The molecule has 2 heterocycles. The molecule has 0 fully saturated rings. The van der Waals surface area contributed by atoms with Gasteiger partial charge in [-0.3, -0.25) is 4.79 Å². The van der Waals surface area contributed by atoms with Crippen molar-refractivity contribution in [2.24, 2.45) is 0 Å². The third-order valence-electron chi connectivity index (χ3n) is 4.94. The number of hydrogen-bond acceptors (Lipinski definition) is 3. The van der Waals surface area contributed by atoms with E-state index in [-0.39, 0.29) is 5.91 Å². The molecule has 2 aromatic carbocycles. The van der Waals surface area contributed by atoms with Gasteiger partial charge in [-0.15, -0.1) is 0 Å². The molecule has 0 saturated carbocycles. The number of pyridine rings is 1. The van der Waals surface area contributed by atoms with Crippen molar-refractivity contribution in [3.63, 3.8) is 0 Å². The zero-order chi connectivity index (χ0) is 19.7. The topological polar surface area (TPSA) is 59.8 Å². The average molecular weight is 372 g/mol. The van der Waals surface area contributed by atoms with Gasteiger partial charge in [0.25, 0.3) is 5.91 Å². The first-order chi connectivity index (χ1) is 13.5. The van der Waals surface area contributed by atoms with Crippen LogP contribution in [0.5, 0.6) is 0 Å². The Morgan fingerprint density at radius 2 is 1.79 bits per heavy atom. The number of amides is 1. The van der Waals surface area contributed by atoms with Crippen LogP contribution in [0, 0.1) is 13.8 Å². The van der Waals surface area contributed by atoms with E-state index >= 15 is 0 Å². The second-order valence-electron chi connectivity index (χ2n) is 7.30. The summed E-state index contributed by atoms with van der Waals surface area (Å²) in [6.45, 7) is 6.99. The van der Waals surface area contributed by atoms with Crippen LogP contribution in [-0.2, 0) is 6.54 Å². The van der Waals surface area contributed by atoms with Gasteiger partial charge >= 0.3 is 0 Å². The fourth-order valence-electron chi connectivity index (χ4n) is 3.30. The maximum atomic E-state index is 12.7. The number of anilines is 1. The molecular formula is C23H24N4O. The zero-order valence-electron chi connectivity index (χ0n) is 16.5. The lowest BCUT2D eigenvalue weighted by Crippen LogP contribution is -2.13. The third kappa shape index (κ3) is 3.48. The summed E-state index contributed by atoms with van der Waals surface area (Å²) >= 11 is 0. The molecule has 0 aliphatic rings. The molecule has 0 spiro atoms. The SMILES string of the molecule is CCCCn1nc(NC(=O)c2ccc(C)cc2)c2cc3ccc(C)cc3nc21. The first-order valence-corrected chi connectivity index (χ1v) is 9.71. The van der Waals surface area contributed by atoms with E-state index in [2.05, 4.69) is 48.5 Å². The molecule has 28 heavy (non-hydrogen) atoms. The summed E-state index contributed by atoms with van der Waals surface area (Å²) in [5.41, 5.74) is 4.67. The third-order valence-corrected chi connectivity index (χ3v) is 4.94. The Hall–Kier alpha value is -3.21. The molecule has 0 aliphatic carbocycles. The highest BCUT2D eigenvalue weighted by molar-refractivity contribution is 6.08. The number of nitrogens with zero attached hydrogens (tertiary/aromatic N) is 3. The van der Waals surface area contributed by atoms with Crippen LogP contribution < -0.4 is 5.32 Å². The summed E-state index contributed by atoms with van der Waals surface area (Å²) in [5, 5.41) is 9.57. The standard InChI is InChI=1S/C23H24N4O/c1-4-5-12-27-22-19(14-18-11-8-16(3)13-20(18)24-22)21(26-27)25-23(28)17-9-6-15(2)7-10-17/h6-11,13-14H,4-5,12H2,1-3H3,(H,25,26,28). The van der Waals surface area contributed by atoms with E-state index in [9.17, 15) is 4.79 Å². The number of benzene rings is 2. The van der Waals surface area contributed by atoms with Gasteiger partial charge in [-0.05, 0) is 50.1 Å². The number of carbonyl (C=O) groups excluding carboxylic acids is 1. The van der Waals surface area contributed by atoms with Gasteiger partial charge in [-0.2, -0.15) is 5.10 Å². The van der Waals surface area contributed by atoms with E-state index in [1.54, 1.807) is 0 Å². The summed E-state index contributed by atoms with van der Waals surface area (Å²) in [6.07, 6.45) is 2.08. The highest BCUT2D eigenvalue weighted by atomic mass is 16.1. The van der Waals surface area contributed by atoms with Crippen LogP contribution in [0.3, 0.4) is 0 Å². The Morgan fingerprint density at radius 1 is 1.04 bits per heavy atom. The molecule has 0 atom stereocenters. The van der Waals surface area contributed by atoms with Crippen molar-refractivity contribution < 1.29 is 4.79 Å². The molecule has 0 unspecified atom stereocenters. The zero-order valence-corrected chi connectivity index (χ0v) is 16.5. The van der Waals surface area contributed by atoms with Crippen LogP contribution in [0.2, 0.25) is 0 Å². The summed E-state index contributed by atoms with van der Waals surface area (Å²) in [7, 11) is 0. The number of nitrogens with one attached hydrogen (secondary N) is 1. The number of carbonyl (C=O) groups is 1. The first-order valence-electron chi connectivity index (χ1n) is 9.71. The van der Waals surface area contributed by atoms with Crippen molar-refractivity contribution in [1.29, 1.82) is 0 Å². The Balaban J connectivity index is 1.79. The fraction of sp³-hybridized carbons (Fsp3) is 0.261. The van der Waals surface area contributed by atoms with E-state index in [4.69, 9.17) is 4.98 Å². The second kappa shape index (κ2) is 7.43. The molecule has 142 valence electrons. The van der Waals surface area contributed by atoms with Gasteiger partial charge in [0, 0.05) is 17.5 Å². The quantitative estimate of drug-likeness (QED) is 0.520. The molecule has 0 bridgehead atoms. The number of rotatable bonds is 5. The largest absolute Gasteiger partial charge is 0.305 e. The molecule has 0 radical (unpaired) electrons. The van der Waals surface area contributed by atoms with Gasteiger partial charge in [0.1, 0.15) is 0 Å². The van der Waals surface area contributed by atoms with Crippen LogP contribution in [0.25, 0.3) is 21.9 Å². The molecule has 5 nitrogen and oxygen atoms in total. The van der Waals surface area contributed by atoms with E-state index in [0.29, 0.717) is 11.4 Å². The van der Waals surface area contributed by atoms with E-state index in [1.165, 1.54) is 5.56 Å². The van der Waals surface area contributed by atoms with Crippen molar-refractivity contribution in [2.75, 3.05) is 5.32 Å². The van der Waals surface area contributed by atoms with Crippen molar-refractivity contribution in [1.82, 2.24) is 14.8 Å². The van der Waals surface area contributed by atoms with Crippen LogP contribution in [0.4, 0.5) is 5.82 Å². The maximum Gasteiger partial charge on any atom is 0.256 e. The molecule has 1 amide bonds. The van der Waals surface area contributed by atoms with Gasteiger partial charge in [0.15, 0.2) is 11.5 Å². The highest BCUT2D eigenvalue weighted by Gasteiger charge is 2.16. The maximum absolute atomic E-state index is 12.7. The molecule has 1 N–H and O–H groups in total. The monoisotopic (exact) mass is 372 g/mol. The lowest BCUT2D eigenvalue weighted by molar-refractivity contribution is 0.102. The smallest absolute Gasteiger partial charge is 0.256 e. The molecule has 2 aromatic heterocycles. The first kappa shape index (κ1) is 18.2. The molecule has 0 aliphatic heterocycles. The van der Waals surface area contributed by atoms with Gasteiger partial charge < -0.3 is 5.32 Å². The Kier molecular flexibility index (Phi) is 4.82. The Labute approximate surface area is 164 Å². The average Bonchev–Trinajstić information content (AvgIpc) is 3.01. The summed E-state index contributed by atoms with van der Waals surface area (Å²) in [5.74, 6) is 0.401. The van der Waals surface area contributed by atoms with Gasteiger partial charge in [0.05, 0.1) is 10.9 Å². The van der Waals surface area contributed by atoms with Gasteiger partial charge in [-0.25, -0.2) is 9.67 Å². The van der Waals surface area contributed by atoms with E-state index < -0.39 is 0 Å². The van der Waals surface area contributed by atoms with E-state index in [0.717, 1.165) is 46.9 Å². The number of aromatic nitrogens is 3. The fourth-order valence-corrected chi connectivity index (χ4v) is 3.30. The van der Waals surface area contributed by atoms with Gasteiger partial charge in [-0.1, -0.05) is 43.2 Å². The van der Waals surface area contributed by atoms with E-state index in [1.807, 2.05) is 35.9 Å². The predicted octanol–water partition coefficient (Wildman–Crippen LogP) is 5.25.